The molecule has 19 heavy (non-hydrogen) atoms. The molecule has 104 valence electrons. The predicted octanol–water partition coefficient (Wildman–Crippen LogP) is 1.63. The zero-order valence-corrected chi connectivity index (χ0v) is 12.0. The maximum Gasteiger partial charge on any atom is 0.252 e. The molecule has 0 aromatic carbocycles. The van der Waals surface area contributed by atoms with Crippen LogP contribution in [-0.4, -0.2) is 29.9 Å². The number of halogens is 1. The third-order valence-corrected chi connectivity index (χ3v) is 2.77. The Hall–Kier alpha value is -1.62. The molecule has 1 rings (SSSR count). The summed E-state index contributed by atoms with van der Waals surface area (Å²) in [6.07, 6.45) is 2.03. The molecule has 1 heterocycles. The quantitative estimate of drug-likeness (QED) is 0.807. The minimum atomic E-state index is -0.551. The van der Waals surface area contributed by atoms with Crippen LogP contribution in [-0.2, 0) is 4.79 Å². The van der Waals surface area contributed by atoms with Gasteiger partial charge in [0.25, 0.3) is 5.91 Å². The van der Waals surface area contributed by atoms with Gasteiger partial charge in [0.1, 0.15) is 11.2 Å². The van der Waals surface area contributed by atoms with E-state index >= 15 is 0 Å². The molecule has 2 N–H and O–H groups in total. The van der Waals surface area contributed by atoms with E-state index in [-0.39, 0.29) is 17.0 Å². The largest absolute Gasteiger partial charge is 0.357 e. The van der Waals surface area contributed by atoms with Gasteiger partial charge >= 0.3 is 0 Å². The molecule has 6 heteroatoms. The maximum absolute atomic E-state index is 12.0. The van der Waals surface area contributed by atoms with Crippen LogP contribution < -0.4 is 10.6 Å². The van der Waals surface area contributed by atoms with E-state index in [1.807, 2.05) is 13.8 Å². The first-order valence-corrected chi connectivity index (χ1v) is 6.45. The first-order chi connectivity index (χ1) is 8.93. The number of hydrogen-bond acceptors (Lipinski definition) is 3. The Morgan fingerprint density at radius 1 is 1.42 bits per heavy atom. The van der Waals surface area contributed by atoms with Crippen LogP contribution in [0.2, 0.25) is 5.15 Å². The lowest BCUT2D eigenvalue weighted by Gasteiger charge is -2.19. The molecule has 0 saturated carbocycles. The third kappa shape index (κ3) is 4.87. The van der Waals surface area contributed by atoms with Gasteiger partial charge in [-0.1, -0.05) is 25.4 Å². The number of nitrogens with zero attached hydrogens (tertiary/aromatic N) is 1. The first kappa shape index (κ1) is 15.4. The van der Waals surface area contributed by atoms with E-state index < -0.39 is 6.04 Å². The standard InChI is InChI=1S/C13H18ClN3O2/c1-8(2)6-10(13(19)15-3)17-12(18)9-4-5-16-11(14)7-9/h4-5,7-8,10H,6H2,1-3H3,(H,15,19)(H,17,18)/t10-/m0/s1. The van der Waals surface area contributed by atoms with Crippen molar-refractivity contribution >= 4 is 23.4 Å². The lowest BCUT2D eigenvalue weighted by Crippen LogP contribution is -2.46. The Morgan fingerprint density at radius 2 is 2.11 bits per heavy atom. The van der Waals surface area contributed by atoms with E-state index in [1.165, 1.54) is 12.3 Å². The molecular weight excluding hydrogens is 266 g/mol. The molecule has 1 atom stereocenters. The normalized spacial score (nSPS) is 12.1. The van der Waals surface area contributed by atoms with Crippen molar-refractivity contribution in [3.8, 4) is 0 Å². The fraction of sp³-hybridized carbons (Fsp3) is 0.462. The molecule has 1 aromatic heterocycles. The Balaban J connectivity index is 2.78. The van der Waals surface area contributed by atoms with Crippen LogP contribution in [0.4, 0.5) is 0 Å². The molecule has 0 radical (unpaired) electrons. The van der Waals surface area contributed by atoms with Crippen LogP contribution in [0.1, 0.15) is 30.6 Å². The number of likely N-dealkylation sites (N-methyl/N-ethyl adjacent to an activating group) is 1. The van der Waals surface area contributed by atoms with Gasteiger partial charge in [-0.2, -0.15) is 0 Å². The van der Waals surface area contributed by atoms with Gasteiger partial charge in [0.05, 0.1) is 0 Å². The molecule has 0 unspecified atom stereocenters. The predicted molar refractivity (Wildman–Crippen MR) is 74.0 cm³/mol. The van der Waals surface area contributed by atoms with E-state index in [0.717, 1.165) is 0 Å². The number of amides is 2. The number of pyridine rings is 1. The maximum atomic E-state index is 12.0. The highest BCUT2D eigenvalue weighted by Gasteiger charge is 2.21. The van der Waals surface area contributed by atoms with Crippen molar-refractivity contribution < 1.29 is 9.59 Å². The summed E-state index contributed by atoms with van der Waals surface area (Å²) in [5, 5.41) is 5.50. The summed E-state index contributed by atoms with van der Waals surface area (Å²) >= 11 is 5.73. The average molecular weight is 284 g/mol. The number of carbonyl (C=O) groups excluding carboxylic acids is 2. The van der Waals surface area contributed by atoms with Crippen LogP contribution in [0.3, 0.4) is 0 Å². The van der Waals surface area contributed by atoms with E-state index in [9.17, 15) is 9.59 Å². The van der Waals surface area contributed by atoms with Crippen molar-refractivity contribution in [1.29, 1.82) is 0 Å². The monoisotopic (exact) mass is 283 g/mol. The van der Waals surface area contributed by atoms with Gasteiger partial charge in [-0.05, 0) is 24.5 Å². The van der Waals surface area contributed by atoms with E-state index in [4.69, 9.17) is 11.6 Å². The molecule has 0 spiro atoms. The summed E-state index contributed by atoms with van der Waals surface area (Å²) in [7, 11) is 1.55. The lowest BCUT2D eigenvalue weighted by molar-refractivity contribution is -0.122. The van der Waals surface area contributed by atoms with Gasteiger partial charge in [0.15, 0.2) is 0 Å². The Labute approximate surface area is 117 Å². The van der Waals surface area contributed by atoms with Crippen LogP contribution in [0.25, 0.3) is 0 Å². The van der Waals surface area contributed by atoms with Crippen LogP contribution in [0.5, 0.6) is 0 Å². The first-order valence-electron chi connectivity index (χ1n) is 6.08. The molecule has 0 aliphatic rings. The Bertz CT molecular complexity index is 463. The fourth-order valence-corrected chi connectivity index (χ4v) is 1.84. The summed E-state index contributed by atoms with van der Waals surface area (Å²) in [6, 6.07) is 2.47. The molecule has 0 aliphatic heterocycles. The van der Waals surface area contributed by atoms with Gasteiger partial charge in [0, 0.05) is 18.8 Å². The summed E-state index contributed by atoms with van der Waals surface area (Å²) in [5.41, 5.74) is 0.387. The van der Waals surface area contributed by atoms with Gasteiger partial charge < -0.3 is 10.6 Å². The molecule has 0 bridgehead atoms. The lowest BCUT2D eigenvalue weighted by atomic mass is 10.0. The highest BCUT2D eigenvalue weighted by atomic mass is 35.5. The summed E-state index contributed by atoms with van der Waals surface area (Å²) in [4.78, 5) is 27.6. The number of nitrogens with one attached hydrogen (secondary N) is 2. The molecule has 0 fully saturated rings. The second-order valence-corrected chi connectivity index (χ2v) is 5.02. The van der Waals surface area contributed by atoms with E-state index in [2.05, 4.69) is 15.6 Å². The summed E-state index contributed by atoms with van der Waals surface area (Å²) < 4.78 is 0. The second-order valence-electron chi connectivity index (χ2n) is 4.64. The van der Waals surface area contributed by atoms with Crippen molar-refractivity contribution in [2.24, 2.45) is 5.92 Å². The summed E-state index contributed by atoms with van der Waals surface area (Å²) in [6.45, 7) is 3.98. The van der Waals surface area contributed by atoms with Crippen molar-refractivity contribution in [2.75, 3.05) is 7.05 Å². The molecular formula is C13H18ClN3O2. The summed E-state index contributed by atoms with van der Waals surface area (Å²) in [5.74, 6) is -0.246. The molecule has 5 nitrogen and oxygen atoms in total. The molecule has 2 amide bonds. The number of rotatable bonds is 5. The number of carbonyl (C=O) groups is 2. The van der Waals surface area contributed by atoms with Crippen LogP contribution in [0, 0.1) is 5.92 Å². The van der Waals surface area contributed by atoms with Crippen molar-refractivity contribution in [3.63, 3.8) is 0 Å². The zero-order chi connectivity index (χ0) is 14.4. The topological polar surface area (TPSA) is 71.1 Å². The number of hydrogen-bond donors (Lipinski definition) is 2. The highest BCUT2D eigenvalue weighted by molar-refractivity contribution is 6.29. The highest BCUT2D eigenvalue weighted by Crippen LogP contribution is 2.09. The Kier molecular flexibility index (Phi) is 5.76. The minimum Gasteiger partial charge on any atom is -0.357 e. The number of aromatic nitrogens is 1. The average Bonchev–Trinajstić information content (AvgIpc) is 2.36. The minimum absolute atomic E-state index is 0.206. The van der Waals surface area contributed by atoms with Gasteiger partial charge in [-0.3, -0.25) is 9.59 Å². The third-order valence-electron chi connectivity index (χ3n) is 2.56. The van der Waals surface area contributed by atoms with Crippen molar-refractivity contribution in [3.05, 3.63) is 29.0 Å². The fourth-order valence-electron chi connectivity index (χ4n) is 1.66. The smallest absolute Gasteiger partial charge is 0.252 e. The molecule has 0 aliphatic carbocycles. The Morgan fingerprint density at radius 3 is 2.63 bits per heavy atom. The van der Waals surface area contributed by atoms with Gasteiger partial charge in [0.2, 0.25) is 5.91 Å². The molecule has 0 saturated heterocycles. The zero-order valence-electron chi connectivity index (χ0n) is 11.2. The van der Waals surface area contributed by atoms with Crippen LogP contribution in [0.15, 0.2) is 18.3 Å². The second kappa shape index (κ2) is 7.09. The van der Waals surface area contributed by atoms with Crippen molar-refractivity contribution in [1.82, 2.24) is 15.6 Å². The van der Waals surface area contributed by atoms with E-state index in [1.54, 1.807) is 13.1 Å². The van der Waals surface area contributed by atoms with Crippen molar-refractivity contribution in [2.45, 2.75) is 26.3 Å². The van der Waals surface area contributed by atoms with Gasteiger partial charge in [-0.15, -0.1) is 0 Å². The SMILES string of the molecule is CNC(=O)[C@H](CC(C)C)NC(=O)c1ccnc(Cl)c1. The van der Waals surface area contributed by atoms with E-state index in [0.29, 0.717) is 17.9 Å². The van der Waals surface area contributed by atoms with Gasteiger partial charge in [-0.25, -0.2) is 4.98 Å². The molecule has 1 aromatic rings. The van der Waals surface area contributed by atoms with Crippen LogP contribution >= 0.6 is 11.6 Å².